The highest BCUT2D eigenvalue weighted by molar-refractivity contribution is 6.02. The summed E-state index contributed by atoms with van der Waals surface area (Å²) in [5, 5.41) is 11.3. The van der Waals surface area contributed by atoms with Gasteiger partial charge in [0, 0.05) is 6.72 Å². The Morgan fingerprint density at radius 1 is 1.38 bits per heavy atom. The van der Waals surface area contributed by atoms with E-state index in [-0.39, 0.29) is 0 Å². The fourth-order valence-electron chi connectivity index (χ4n) is 0.447. The third-order valence-electron chi connectivity index (χ3n) is 1.11. The molecule has 0 saturated heterocycles. The van der Waals surface area contributed by atoms with Crippen molar-refractivity contribution in [2.24, 2.45) is 16.6 Å². The molecule has 0 aliphatic heterocycles. The van der Waals surface area contributed by atoms with E-state index in [9.17, 15) is 9.59 Å². The smallest absolute Gasteiger partial charge is 0.354 e. The van der Waals surface area contributed by atoms with Gasteiger partial charge in [0.2, 0.25) is 5.78 Å². The van der Waals surface area contributed by atoms with Gasteiger partial charge in [-0.2, -0.15) is 0 Å². The number of carboxylic acids is 1. The molecule has 7 nitrogen and oxygen atoms in total. The monoisotopic (exact) mass is 187 g/mol. The second kappa shape index (κ2) is 4.75. The van der Waals surface area contributed by atoms with E-state index in [0.717, 1.165) is 0 Å². The molecule has 5 N–H and O–H groups in total. The van der Waals surface area contributed by atoms with Crippen LogP contribution >= 0.6 is 0 Å². The van der Waals surface area contributed by atoms with Crippen molar-refractivity contribution in [3.8, 4) is 0 Å². The van der Waals surface area contributed by atoms with Gasteiger partial charge in [-0.3, -0.25) is 4.79 Å². The van der Waals surface area contributed by atoms with Crippen LogP contribution in [-0.2, 0) is 14.4 Å². The fourth-order valence-corrected chi connectivity index (χ4v) is 0.447. The molecule has 7 heteroatoms. The summed E-state index contributed by atoms with van der Waals surface area (Å²) in [5.41, 5.74) is 8.78. The molecule has 0 aromatic rings. The van der Waals surface area contributed by atoms with Crippen LogP contribution in [0.25, 0.3) is 0 Å². The highest BCUT2D eigenvalue weighted by atomic mass is 16.6. The number of hydrogen-bond acceptors (Lipinski definition) is 6. The summed E-state index contributed by atoms with van der Waals surface area (Å²) in [5.74, 6) is -2.22. The molecular formula is C6H9N3O4. The summed E-state index contributed by atoms with van der Waals surface area (Å²) in [6.45, 7) is 2.46. The topological polar surface area (TPSA) is 128 Å². The lowest BCUT2D eigenvalue weighted by Crippen LogP contribution is -2.25. The number of Topliss-reactive ketones (excluding diaryl/α,β-unsaturated/α-hetero) is 1. The third-order valence-corrected chi connectivity index (χ3v) is 1.11. The SMILES string of the molecule is C=NOCC(=O)/C(N)=C(\N)C(=O)O. The van der Waals surface area contributed by atoms with Gasteiger partial charge in [0.05, 0.1) is 0 Å². The van der Waals surface area contributed by atoms with E-state index in [1.165, 1.54) is 0 Å². The zero-order chi connectivity index (χ0) is 10.4. The van der Waals surface area contributed by atoms with Gasteiger partial charge in [0.25, 0.3) is 0 Å². The van der Waals surface area contributed by atoms with Crippen LogP contribution in [0.5, 0.6) is 0 Å². The van der Waals surface area contributed by atoms with Gasteiger partial charge in [0.15, 0.2) is 6.61 Å². The van der Waals surface area contributed by atoms with Gasteiger partial charge in [-0.05, 0) is 0 Å². The number of carbonyl (C=O) groups excluding carboxylic acids is 1. The summed E-state index contributed by atoms with van der Waals surface area (Å²) >= 11 is 0. The molecule has 0 spiro atoms. The normalized spacial score (nSPS) is 11.4. The number of carbonyl (C=O) groups is 2. The molecule has 0 aliphatic rings. The van der Waals surface area contributed by atoms with Gasteiger partial charge < -0.3 is 21.4 Å². The van der Waals surface area contributed by atoms with Gasteiger partial charge in [-0.15, -0.1) is 5.16 Å². The number of oxime groups is 1. The Bertz CT molecular complexity index is 271. The van der Waals surface area contributed by atoms with Crippen molar-refractivity contribution in [3.05, 3.63) is 11.4 Å². The Hall–Kier alpha value is -2.05. The summed E-state index contributed by atoms with van der Waals surface area (Å²) in [6, 6.07) is 0. The fraction of sp³-hybridized carbons (Fsp3) is 0.167. The Morgan fingerprint density at radius 2 is 1.92 bits per heavy atom. The molecule has 0 bridgehead atoms. The van der Waals surface area contributed by atoms with Crippen molar-refractivity contribution in [2.45, 2.75) is 0 Å². The predicted molar refractivity (Wildman–Crippen MR) is 43.5 cm³/mol. The number of hydrogen-bond donors (Lipinski definition) is 3. The molecule has 0 unspecified atom stereocenters. The summed E-state index contributed by atoms with van der Waals surface area (Å²) in [6.07, 6.45) is 0. The number of rotatable bonds is 5. The van der Waals surface area contributed by atoms with E-state index in [1.807, 2.05) is 0 Å². The van der Waals surface area contributed by atoms with E-state index >= 15 is 0 Å². The Morgan fingerprint density at radius 3 is 2.31 bits per heavy atom. The summed E-state index contributed by atoms with van der Waals surface area (Å²) < 4.78 is 0. The predicted octanol–water partition coefficient (Wildman–Crippen LogP) is -1.60. The summed E-state index contributed by atoms with van der Waals surface area (Å²) in [7, 11) is 0. The highest BCUT2D eigenvalue weighted by Gasteiger charge is 2.14. The first-order chi connectivity index (χ1) is 6.00. The van der Waals surface area contributed by atoms with Gasteiger partial charge in [0.1, 0.15) is 11.4 Å². The minimum atomic E-state index is -1.46. The molecule has 0 atom stereocenters. The first-order valence-corrected chi connectivity index (χ1v) is 3.10. The molecule has 0 heterocycles. The number of ketones is 1. The van der Waals surface area contributed by atoms with Crippen LogP contribution in [0.4, 0.5) is 0 Å². The van der Waals surface area contributed by atoms with Crippen LogP contribution in [0.2, 0.25) is 0 Å². The summed E-state index contributed by atoms with van der Waals surface area (Å²) in [4.78, 5) is 25.4. The Labute approximate surface area is 73.6 Å². The third kappa shape index (κ3) is 3.23. The minimum absolute atomic E-state index is 0.483. The number of aliphatic carboxylic acids is 1. The molecule has 0 aromatic heterocycles. The minimum Gasteiger partial charge on any atom is -0.477 e. The van der Waals surface area contributed by atoms with E-state index in [2.05, 4.69) is 16.7 Å². The van der Waals surface area contributed by atoms with Crippen molar-refractivity contribution in [1.82, 2.24) is 0 Å². The quantitative estimate of drug-likeness (QED) is 0.270. The number of nitrogens with zero attached hydrogens (tertiary/aromatic N) is 1. The molecule has 0 amide bonds. The Balaban J connectivity index is 4.48. The lowest BCUT2D eigenvalue weighted by molar-refractivity contribution is -0.133. The second-order valence-electron chi connectivity index (χ2n) is 1.96. The molecule has 0 saturated carbocycles. The maximum Gasteiger partial charge on any atom is 0.354 e. The van der Waals surface area contributed by atoms with Crippen LogP contribution in [-0.4, -0.2) is 30.2 Å². The van der Waals surface area contributed by atoms with Crippen LogP contribution in [0, 0.1) is 0 Å². The number of carboxylic acid groups (broad SMARTS) is 1. The van der Waals surface area contributed by atoms with Gasteiger partial charge in [-0.1, -0.05) is 0 Å². The largest absolute Gasteiger partial charge is 0.477 e. The molecule has 0 aromatic carbocycles. The van der Waals surface area contributed by atoms with E-state index < -0.39 is 29.8 Å². The van der Waals surface area contributed by atoms with Gasteiger partial charge >= 0.3 is 5.97 Å². The maximum absolute atomic E-state index is 10.9. The van der Waals surface area contributed by atoms with Crippen LogP contribution in [0.15, 0.2) is 16.5 Å². The van der Waals surface area contributed by atoms with Crippen LogP contribution in [0.3, 0.4) is 0 Å². The van der Waals surface area contributed by atoms with Crippen LogP contribution in [0.1, 0.15) is 0 Å². The first kappa shape index (κ1) is 11.0. The standard InChI is InChI=1S/C6H9N3O4/c1-9-13-2-3(10)4(7)5(8)6(11)12/h1-2,7-8H2,(H,11,12)/b5-4+. The average molecular weight is 187 g/mol. The van der Waals surface area contributed by atoms with Crippen molar-refractivity contribution in [3.63, 3.8) is 0 Å². The van der Waals surface area contributed by atoms with Gasteiger partial charge in [-0.25, -0.2) is 4.79 Å². The van der Waals surface area contributed by atoms with Crippen LogP contribution < -0.4 is 11.5 Å². The zero-order valence-corrected chi connectivity index (χ0v) is 6.69. The molecule has 13 heavy (non-hydrogen) atoms. The zero-order valence-electron chi connectivity index (χ0n) is 6.69. The van der Waals surface area contributed by atoms with Crippen molar-refractivity contribution < 1.29 is 19.5 Å². The van der Waals surface area contributed by atoms with E-state index in [4.69, 9.17) is 16.6 Å². The first-order valence-electron chi connectivity index (χ1n) is 3.10. The number of nitrogens with two attached hydrogens (primary N) is 2. The molecule has 72 valence electrons. The average Bonchev–Trinajstić information content (AvgIpc) is 2.11. The van der Waals surface area contributed by atoms with E-state index in [0.29, 0.717) is 0 Å². The lowest BCUT2D eigenvalue weighted by Gasteiger charge is -2.01. The lowest BCUT2D eigenvalue weighted by atomic mass is 10.2. The van der Waals surface area contributed by atoms with Crippen molar-refractivity contribution in [1.29, 1.82) is 0 Å². The van der Waals surface area contributed by atoms with Crippen molar-refractivity contribution >= 4 is 18.5 Å². The molecule has 0 rings (SSSR count). The second-order valence-corrected chi connectivity index (χ2v) is 1.96. The molecule has 0 aliphatic carbocycles. The highest BCUT2D eigenvalue weighted by Crippen LogP contribution is 1.94. The molecular weight excluding hydrogens is 178 g/mol. The molecule has 0 radical (unpaired) electrons. The van der Waals surface area contributed by atoms with E-state index in [1.54, 1.807) is 0 Å². The molecule has 0 fully saturated rings. The maximum atomic E-state index is 10.9. The Kier molecular flexibility index (Phi) is 4.00. The van der Waals surface area contributed by atoms with Crippen molar-refractivity contribution in [2.75, 3.05) is 6.61 Å².